The topological polar surface area (TPSA) is 93.7 Å². The Hall–Kier alpha value is -5.13. The monoisotopic (exact) mass is 635 g/mol. The van der Waals surface area contributed by atoms with Gasteiger partial charge >= 0.3 is 0 Å². The number of halogens is 5. The summed E-state index contributed by atoms with van der Waals surface area (Å²) in [5.41, 5.74) is 8.16. The summed E-state index contributed by atoms with van der Waals surface area (Å²) in [6, 6.07) is 12.8. The molecule has 2 atom stereocenters. The molecule has 1 aromatic heterocycles. The van der Waals surface area contributed by atoms with E-state index in [2.05, 4.69) is 15.0 Å². The molecule has 3 aromatic carbocycles. The lowest BCUT2D eigenvalue weighted by molar-refractivity contribution is -0.125. The average molecular weight is 636 g/mol. The summed E-state index contributed by atoms with van der Waals surface area (Å²) in [4.78, 5) is 27.7. The predicted molar refractivity (Wildman–Crippen MR) is 164 cm³/mol. The van der Waals surface area contributed by atoms with Crippen LogP contribution in [0.2, 0.25) is 0 Å². The Balaban J connectivity index is 1.41. The number of carbonyl (C=O) groups is 1. The van der Waals surface area contributed by atoms with Crippen molar-refractivity contribution in [1.82, 2.24) is 14.9 Å². The Morgan fingerprint density at radius 3 is 2.41 bits per heavy atom. The molecule has 0 bridgehead atoms. The first kappa shape index (κ1) is 32.3. The number of rotatable bonds is 9. The van der Waals surface area contributed by atoms with Gasteiger partial charge < -0.3 is 15.4 Å². The Morgan fingerprint density at radius 2 is 1.76 bits per heavy atom. The highest BCUT2D eigenvalue weighted by Gasteiger charge is 2.35. The van der Waals surface area contributed by atoms with Crippen molar-refractivity contribution in [2.24, 2.45) is 10.9 Å². The van der Waals surface area contributed by atoms with Gasteiger partial charge in [-0.1, -0.05) is 37.3 Å². The number of carbonyl (C=O) groups excluding carboxylic acids is 1. The number of hydrogen-bond donors (Lipinski definition) is 1. The van der Waals surface area contributed by atoms with E-state index in [4.69, 9.17) is 10.5 Å². The number of nitrogens with two attached hydrogens (primary N) is 1. The summed E-state index contributed by atoms with van der Waals surface area (Å²) in [6.07, 6.45) is 5.98. The van der Waals surface area contributed by atoms with Crippen LogP contribution in [-0.4, -0.2) is 46.6 Å². The van der Waals surface area contributed by atoms with Crippen LogP contribution in [0.1, 0.15) is 48.1 Å². The molecule has 1 amide bonds. The van der Waals surface area contributed by atoms with Gasteiger partial charge in [0.2, 0.25) is 23.3 Å². The number of likely N-dealkylation sites (tertiary alicyclic amines) is 1. The summed E-state index contributed by atoms with van der Waals surface area (Å²) in [5, 5.41) is 0. The molecule has 2 unspecified atom stereocenters. The normalized spacial score (nSPS) is 15.8. The third-order valence-corrected chi connectivity index (χ3v) is 7.97. The minimum Gasteiger partial charge on any atom is -0.451 e. The summed E-state index contributed by atoms with van der Waals surface area (Å²) in [7, 11) is 1.44. The molecule has 1 aliphatic rings. The molecule has 0 radical (unpaired) electrons. The third kappa shape index (κ3) is 6.60. The van der Waals surface area contributed by atoms with E-state index in [0.29, 0.717) is 37.2 Å². The molecule has 12 heteroatoms. The molecular weight excluding hydrogens is 605 g/mol. The van der Waals surface area contributed by atoms with E-state index in [1.807, 2.05) is 37.3 Å². The van der Waals surface area contributed by atoms with Gasteiger partial charge in [-0.2, -0.15) is 8.78 Å². The molecule has 238 valence electrons. The fourth-order valence-electron chi connectivity index (χ4n) is 5.72. The van der Waals surface area contributed by atoms with Crippen LogP contribution in [0.25, 0.3) is 6.08 Å². The molecule has 0 aliphatic carbocycles. The lowest BCUT2D eigenvalue weighted by atomic mass is 9.83. The van der Waals surface area contributed by atoms with Gasteiger partial charge in [0.25, 0.3) is 0 Å². The zero-order valence-corrected chi connectivity index (χ0v) is 25.0. The van der Waals surface area contributed by atoms with Gasteiger partial charge in [0, 0.05) is 49.8 Å². The SMILES string of the molecule is CCC(c1ncnc(N)c1/C(=N\C)c1ccc(Oc2c(F)c(F)cc(F)c2F)cc1F)C1CCN(C(=O)/C=C/c2ccccc2)C1. The van der Waals surface area contributed by atoms with Crippen LogP contribution >= 0.6 is 0 Å². The molecule has 1 saturated heterocycles. The third-order valence-electron chi connectivity index (χ3n) is 7.97. The quantitative estimate of drug-likeness (QED) is 0.0920. The van der Waals surface area contributed by atoms with E-state index < -0.39 is 40.6 Å². The number of nitrogens with zero attached hydrogens (tertiary/aromatic N) is 4. The second kappa shape index (κ2) is 13.9. The maximum absolute atomic E-state index is 15.6. The van der Waals surface area contributed by atoms with Crippen molar-refractivity contribution in [1.29, 1.82) is 0 Å². The fraction of sp³-hybridized carbons (Fsp3) is 0.235. The maximum atomic E-state index is 15.6. The van der Waals surface area contributed by atoms with Crippen molar-refractivity contribution in [2.75, 3.05) is 25.9 Å². The summed E-state index contributed by atoms with van der Waals surface area (Å²) in [6.45, 7) is 3.01. The molecule has 2 heterocycles. The number of nitrogen functional groups attached to an aromatic ring is 1. The number of benzene rings is 3. The molecular formula is C34H30F5N5O2. The number of anilines is 1. The van der Waals surface area contributed by atoms with Gasteiger partial charge in [-0.15, -0.1) is 0 Å². The first-order chi connectivity index (χ1) is 22.1. The average Bonchev–Trinajstić information content (AvgIpc) is 3.54. The van der Waals surface area contributed by atoms with Crippen molar-refractivity contribution in [3.8, 4) is 11.5 Å². The molecule has 46 heavy (non-hydrogen) atoms. The number of hydrogen-bond acceptors (Lipinski definition) is 6. The number of ether oxygens (including phenoxy) is 1. The van der Waals surface area contributed by atoms with Gasteiger partial charge in [-0.3, -0.25) is 9.79 Å². The highest BCUT2D eigenvalue weighted by molar-refractivity contribution is 6.16. The summed E-state index contributed by atoms with van der Waals surface area (Å²) >= 11 is 0. The molecule has 1 fully saturated rings. The zero-order valence-electron chi connectivity index (χ0n) is 25.0. The lowest BCUT2D eigenvalue weighted by Gasteiger charge is -2.25. The first-order valence-corrected chi connectivity index (χ1v) is 14.5. The molecule has 0 spiro atoms. The van der Waals surface area contributed by atoms with Crippen LogP contribution in [-0.2, 0) is 4.79 Å². The molecule has 4 aromatic rings. The van der Waals surface area contributed by atoms with E-state index in [9.17, 15) is 22.4 Å². The Kier molecular flexibility index (Phi) is 9.74. The van der Waals surface area contributed by atoms with Crippen molar-refractivity contribution in [3.63, 3.8) is 0 Å². The van der Waals surface area contributed by atoms with Crippen molar-refractivity contribution in [2.45, 2.75) is 25.7 Å². The standard InChI is InChI=1S/C34H30F5N5O2/c1-3-22(20-13-14-44(17-20)27(45)12-9-19-7-5-4-6-8-19)32-28(34(40)43-18-42-32)31(41-2)23-11-10-21(15-24(23)35)46-33-29(38)25(36)16-26(37)30(33)39/h4-12,15-16,18,20,22H,3,13-14,17H2,1-2H3,(H2,40,42,43)/b12-9+,41-31-. The largest absolute Gasteiger partial charge is 0.451 e. The van der Waals surface area contributed by atoms with E-state index in [0.717, 1.165) is 11.6 Å². The molecule has 5 rings (SSSR count). The van der Waals surface area contributed by atoms with Gasteiger partial charge in [0.1, 0.15) is 23.7 Å². The highest BCUT2D eigenvalue weighted by atomic mass is 19.2. The zero-order chi connectivity index (χ0) is 33.0. The van der Waals surface area contributed by atoms with Gasteiger partial charge in [0.15, 0.2) is 11.6 Å². The first-order valence-electron chi connectivity index (χ1n) is 14.5. The van der Waals surface area contributed by atoms with E-state index >= 15 is 4.39 Å². The molecule has 0 saturated carbocycles. The summed E-state index contributed by atoms with van der Waals surface area (Å²) < 4.78 is 76.2. The summed E-state index contributed by atoms with van der Waals surface area (Å²) in [5.74, 6) is -9.75. The second-order valence-electron chi connectivity index (χ2n) is 10.7. The van der Waals surface area contributed by atoms with Crippen LogP contribution in [0.3, 0.4) is 0 Å². The molecule has 1 aliphatic heterocycles. The van der Waals surface area contributed by atoms with Crippen LogP contribution < -0.4 is 10.5 Å². The van der Waals surface area contributed by atoms with Gasteiger partial charge in [-0.25, -0.2) is 23.1 Å². The fourth-order valence-corrected chi connectivity index (χ4v) is 5.72. The highest BCUT2D eigenvalue weighted by Crippen LogP contribution is 2.38. The Bertz CT molecular complexity index is 1790. The van der Waals surface area contributed by atoms with E-state index in [-0.39, 0.29) is 40.9 Å². The van der Waals surface area contributed by atoms with Crippen LogP contribution in [0, 0.1) is 35.0 Å². The minimum atomic E-state index is -1.76. The minimum absolute atomic E-state index is 0.0160. The number of amides is 1. The molecule has 7 nitrogen and oxygen atoms in total. The van der Waals surface area contributed by atoms with Crippen molar-refractivity contribution < 1.29 is 31.5 Å². The Morgan fingerprint density at radius 1 is 1.04 bits per heavy atom. The molecule has 2 N–H and O–H groups in total. The van der Waals surface area contributed by atoms with E-state index in [1.165, 1.54) is 25.5 Å². The van der Waals surface area contributed by atoms with Gasteiger partial charge in [0.05, 0.1) is 17.0 Å². The number of aromatic nitrogens is 2. The van der Waals surface area contributed by atoms with E-state index in [1.54, 1.807) is 17.1 Å². The smallest absolute Gasteiger partial charge is 0.246 e. The Labute approximate surface area is 262 Å². The van der Waals surface area contributed by atoms with Crippen molar-refractivity contribution >= 4 is 23.5 Å². The lowest BCUT2D eigenvalue weighted by Crippen LogP contribution is -2.28. The second-order valence-corrected chi connectivity index (χ2v) is 10.7. The van der Waals surface area contributed by atoms with Crippen LogP contribution in [0.15, 0.2) is 72.0 Å². The van der Waals surface area contributed by atoms with Gasteiger partial charge in [-0.05, 0) is 42.5 Å². The maximum Gasteiger partial charge on any atom is 0.246 e. The van der Waals surface area contributed by atoms with Crippen molar-refractivity contribution in [3.05, 3.63) is 118 Å². The predicted octanol–water partition coefficient (Wildman–Crippen LogP) is 7.07. The van der Waals surface area contributed by atoms with Crippen LogP contribution in [0.4, 0.5) is 27.8 Å². The van der Waals surface area contributed by atoms with Crippen LogP contribution in [0.5, 0.6) is 11.5 Å². The number of aliphatic imine (C=N–C) groups is 1.